The zero-order valence-corrected chi connectivity index (χ0v) is 9.78. The van der Waals surface area contributed by atoms with Crippen molar-refractivity contribution in [2.45, 2.75) is 13.8 Å². The van der Waals surface area contributed by atoms with Crippen molar-refractivity contribution in [3.05, 3.63) is 12.7 Å². The molecular weight excluding hydrogens is 188 g/mol. The van der Waals surface area contributed by atoms with Crippen LogP contribution in [0.15, 0.2) is 12.7 Å². The minimum Gasteiger partial charge on any atom is -0.356 e. The van der Waals surface area contributed by atoms with Gasteiger partial charge in [0, 0.05) is 7.05 Å². The molecule has 0 saturated heterocycles. The van der Waals surface area contributed by atoms with Crippen LogP contribution in [-0.4, -0.2) is 38.0 Å². The van der Waals surface area contributed by atoms with E-state index in [9.17, 15) is 4.79 Å². The van der Waals surface area contributed by atoms with E-state index in [1.807, 2.05) is 0 Å². The van der Waals surface area contributed by atoms with E-state index in [4.69, 9.17) is 0 Å². The fourth-order valence-corrected chi connectivity index (χ4v) is 0.326. The van der Waals surface area contributed by atoms with Crippen LogP contribution in [0.2, 0.25) is 0 Å². The quantitative estimate of drug-likeness (QED) is 0.710. The number of halogens is 1. The molecule has 1 N–H and O–H groups in total. The predicted molar refractivity (Wildman–Crippen MR) is 60.4 cm³/mol. The predicted octanol–water partition coefficient (Wildman–Crippen LogP) is 1.30. The molecule has 3 nitrogen and oxygen atoms in total. The van der Waals surface area contributed by atoms with E-state index in [0.29, 0.717) is 0 Å². The van der Waals surface area contributed by atoms with Crippen molar-refractivity contribution in [1.29, 1.82) is 0 Å². The SMILES string of the molecule is C=CC(=O)NC.CCN(C)CC.Cl. The van der Waals surface area contributed by atoms with Crippen molar-refractivity contribution in [3.63, 3.8) is 0 Å². The molecule has 0 aliphatic carbocycles. The first kappa shape index (κ1) is 18.3. The van der Waals surface area contributed by atoms with Gasteiger partial charge < -0.3 is 10.2 Å². The largest absolute Gasteiger partial charge is 0.356 e. The number of rotatable bonds is 3. The van der Waals surface area contributed by atoms with Crippen molar-refractivity contribution in [3.8, 4) is 0 Å². The Morgan fingerprint density at radius 2 is 1.85 bits per heavy atom. The number of amides is 1. The van der Waals surface area contributed by atoms with Gasteiger partial charge in [-0.2, -0.15) is 0 Å². The summed E-state index contributed by atoms with van der Waals surface area (Å²) in [6.45, 7) is 9.86. The van der Waals surface area contributed by atoms with Crippen LogP contribution < -0.4 is 5.32 Å². The number of nitrogens with one attached hydrogen (secondary N) is 1. The molecular formula is C9H21ClN2O. The molecule has 0 aliphatic rings. The summed E-state index contributed by atoms with van der Waals surface area (Å²) in [7, 11) is 3.67. The number of likely N-dealkylation sites (N-methyl/N-ethyl adjacent to an activating group) is 1. The molecule has 80 valence electrons. The van der Waals surface area contributed by atoms with E-state index in [0.717, 1.165) is 13.1 Å². The van der Waals surface area contributed by atoms with Crippen LogP contribution >= 0.6 is 12.4 Å². The third-order valence-corrected chi connectivity index (χ3v) is 1.51. The average Bonchev–Trinajstić information content (AvgIpc) is 2.16. The van der Waals surface area contributed by atoms with Gasteiger partial charge in [0.05, 0.1) is 0 Å². The second-order valence-corrected chi connectivity index (χ2v) is 2.31. The van der Waals surface area contributed by atoms with Gasteiger partial charge in [0.1, 0.15) is 0 Å². The number of hydrogen-bond acceptors (Lipinski definition) is 2. The first-order valence-corrected chi connectivity index (χ1v) is 4.14. The molecule has 1 amide bonds. The first-order valence-electron chi connectivity index (χ1n) is 4.14. The summed E-state index contributed by atoms with van der Waals surface area (Å²) in [6, 6.07) is 0. The molecule has 0 heterocycles. The van der Waals surface area contributed by atoms with Crippen LogP contribution in [0.5, 0.6) is 0 Å². The molecule has 0 aromatic heterocycles. The summed E-state index contributed by atoms with van der Waals surface area (Å²) in [5, 5.41) is 2.36. The summed E-state index contributed by atoms with van der Waals surface area (Å²) in [5.74, 6) is -0.144. The summed E-state index contributed by atoms with van der Waals surface area (Å²) in [4.78, 5) is 12.2. The lowest BCUT2D eigenvalue weighted by Gasteiger charge is -2.07. The number of nitrogens with zero attached hydrogens (tertiary/aromatic N) is 1. The minimum absolute atomic E-state index is 0. The molecule has 0 aromatic carbocycles. The standard InChI is InChI=1S/C5H13N.C4H7NO.ClH/c1-4-6(3)5-2;1-3-4(6)5-2;/h4-5H2,1-3H3;3H,1H2,2H3,(H,5,6);1H. The fraction of sp³-hybridized carbons (Fsp3) is 0.667. The molecule has 0 saturated carbocycles. The van der Waals surface area contributed by atoms with Crippen LogP contribution in [0.3, 0.4) is 0 Å². The van der Waals surface area contributed by atoms with Crippen molar-refractivity contribution in [2.75, 3.05) is 27.2 Å². The highest BCUT2D eigenvalue weighted by Gasteiger charge is 1.81. The molecule has 0 radical (unpaired) electrons. The van der Waals surface area contributed by atoms with Crippen molar-refractivity contribution >= 4 is 18.3 Å². The average molecular weight is 209 g/mol. The van der Waals surface area contributed by atoms with Gasteiger partial charge in [0.15, 0.2) is 0 Å². The van der Waals surface area contributed by atoms with Gasteiger partial charge in [-0.25, -0.2) is 0 Å². The number of hydrogen-bond donors (Lipinski definition) is 1. The highest BCUT2D eigenvalue weighted by atomic mass is 35.5. The summed E-state index contributed by atoms with van der Waals surface area (Å²) < 4.78 is 0. The molecule has 4 heteroatoms. The monoisotopic (exact) mass is 208 g/mol. The van der Waals surface area contributed by atoms with Gasteiger partial charge in [-0.15, -0.1) is 12.4 Å². The van der Waals surface area contributed by atoms with E-state index >= 15 is 0 Å². The topological polar surface area (TPSA) is 32.3 Å². The molecule has 13 heavy (non-hydrogen) atoms. The van der Waals surface area contributed by atoms with Gasteiger partial charge in [-0.1, -0.05) is 20.4 Å². The summed E-state index contributed by atoms with van der Waals surface area (Å²) in [5.41, 5.74) is 0. The van der Waals surface area contributed by atoms with Gasteiger partial charge in [0.25, 0.3) is 0 Å². The van der Waals surface area contributed by atoms with E-state index in [1.54, 1.807) is 7.05 Å². The Hall–Kier alpha value is -0.540. The third kappa shape index (κ3) is 18.4. The molecule has 0 aliphatic heterocycles. The van der Waals surface area contributed by atoms with Crippen LogP contribution in [-0.2, 0) is 4.79 Å². The highest BCUT2D eigenvalue weighted by molar-refractivity contribution is 5.86. The Bertz CT molecular complexity index is 125. The van der Waals surface area contributed by atoms with Crippen LogP contribution in [0.1, 0.15) is 13.8 Å². The van der Waals surface area contributed by atoms with Crippen LogP contribution in [0, 0.1) is 0 Å². The van der Waals surface area contributed by atoms with Gasteiger partial charge in [-0.05, 0) is 26.2 Å². The smallest absolute Gasteiger partial charge is 0.243 e. The van der Waals surface area contributed by atoms with E-state index in [2.05, 4.69) is 37.7 Å². The van der Waals surface area contributed by atoms with E-state index in [1.165, 1.54) is 6.08 Å². The molecule has 0 unspecified atom stereocenters. The van der Waals surface area contributed by atoms with Crippen LogP contribution in [0.4, 0.5) is 0 Å². The molecule has 0 spiro atoms. The third-order valence-electron chi connectivity index (χ3n) is 1.51. The molecule has 0 fully saturated rings. The molecule has 0 aromatic rings. The molecule has 0 rings (SSSR count). The Labute approximate surface area is 87.6 Å². The second-order valence-electron chi connectivity index (χ2n) is 2.31. The number of carbonyl (C=O) groups is 1. The Morgan fingerprint density at radius 1 is 1.46 bits per heavy atom. The first-order chi connectivity index (χ1) is 5.62. The summed E-state index contributed by atoms with van der Waals surface area (Å²) >= 11 is 0. The molecule has 0 atom stereocenters. The Balaban J connectivity index is -0.000000143. The summed E-state index contributed by atoms with van der Waals surface area (Å²) in [6.07, 6.45) is 1.22. The second kappa shape index (κ2) is 14.0. The maximum Gasteiger partial charge on any atom is 0.243 e. The highest BCUT2D eigenvalue weighted by Crippen LogP contribution is 1.73. The normalized spacial score (nSPS) is 7.77. The Morgan fingerprint density at radius 3 is 1.85 bits per heavy atom. The zero-order valence-electron chi connectivity index (χ0n) is 8.96. The fourth-order valence-electron chi connectivity index (χ4n) is 0.326. The van der Waals surface area contributed by atoms with Crippen molar-refractivity contribution in [1.82, 2.24) is 10.2 Å². The Kier molecular flexibility index (Phi) is 19.7. The van der Waals surface area contributed by atoms with E-state index < -0.39 is 0 Å². The maximum atomic E-state index is 9.95. The lowest BCUT2D eigenvalue weighted by atomic mass is 10.6. The zero-order chi connectivity index (χ0) is 9.98. The van der Waals surface area contributed by atoms with Crippen LogP contribution in [0.25, 0.3) is 0 Å². The number of carbonyl (C=O) groups excluding carboxylic acids is 1. The van der Waals surface area contributed by atoms with Gasteiger partial charge >= 0.3 is 0 Å². The van der Waals surface area contributed by atoms with Gasteiger partial charge in [-0.3, -0.25) is 4.79 Å². The lowest BCUT2D eigenvalue weighted by molar-refractivity contribution is -0.116. The maximum absolute atomic E-state index is 9.95. The lowest BCUT2D eigenvalue weighted by Crippen LogP contribution is -2.15. The van der Waals surface area contributed by atoms with Crippen molar-refractivity contribution in [2.24, 2.45) is 0 Å². The van der Waals surface area contributed by atoms with Crippen molar-refractivity contribution < 1.29 is 4.79 Å². The van der Waals surface area contributed by atoms with E-state index in [-0.39, 0.29) is 18.3 Å². The molecule has 0 bridgehead atoms. The van der Waals surface area contributed by atoms with Gasteiger partial charge in [0.2, 0.25) is 5.91 Å². The minimum atomic E-state index is -0.144.